The zero-order valence-corrected chi connectivity index (χ0v) is 16.2. The van der Waals surface area contributed by atoms with Gasteiger partial charge in [0.1, 0.15) is 0 Å². The molecule has 3 unspecified atom stereocenters. The van der Waals surface area contributed by atoms with Gasteiger partial charge in [0, 0.05) is 5.88 Å². The molecule has 0 aliphatic carbocycles. The maximum absolute atomic E-state index is 8.84. The molecule has 0 saturated heterocycles. The zero-order chi connectivity index (χ0) is 16.8. The Morgan fingerprint density at radius 3 is 1.77 bits per heavy atom. The van der Waals surface area contributed by atoms with Crippen LogP contribution in [0.4, 0.5) is 0 Å². The lowest BCUT2D eigenvalue weighted by Gasteiger charge is -2.15. The van der Waals surface area contributed by atoms with Crippen molar-refractivity contribution in [2.45, 2.75) is 85.5 Å². The van der Waals surface area contributed by atoms with E-state index in [4.69, 9.17) is 16.7 Å². The van der Waals surface area contributed by atoms with E-state index in [2.05, 4.69) is 27.7 Å². The highest BCUT2D eigenvalue weighted by Gasteiger charge is 2.07. The minimum Gasteiger partial charge on any atom is -0.392 e. The highest BCUT2D eigenvalue weighted by atomic mass is 35.5. The molecule has 0 aromatic heterocycles. The van der Waals surface area contributed by atoms with Crippen molar-refractivity contribution in [1.82, 2.24) is 0 Å². The Balaban J connectivity index is 3.54. The van der Waals surface area contributed by atoms with E-state index in [0.29, 0.717) is 5.92 Å². The van der Waals surface area contributed by atoms with E-state index in [1.54, 1.807) is 0 Å². The molecule has 0 spiro atoms. The second-order valence-electron chi connectivity index (χ2n) is 7.46. The SMILES string of the molecule is C/C(=C\CO)CCCC(C)CCCC(C)CCCC(C)CCl. The molecule has 22 heavy (non-hydrogen) atoms. The summed E-state index contributed by atoms with van der Waals surface area (Å²) in [6.07, 6.45) is 13.7. The van der Waals surface area contributed by atoms with Gasteiger partial charge in [0.2, 0.25) is 0 Å². The zero-order valence-electron chi connectivity index (χ0n) is 15.4. The number of aliphatic hydroxyl groups is 1. The van der Waals surface area contributed by atoms with Crippen LogP contribution >= 0.6 is 11.6 Å². The first-order chi connectivity index (χ1) is 10.5. The Morgan fingerprint density at radius 1 is 0.864 bits per heavy atom. The van der Waals surface area contributed by atoms with Crippen LogP contribution in [0.3, 0.4) is 0 Å². The molecule has 3 atom stereocenters. The predicted octanol–water partition coefficient (Wildman–Crippen LogP) is 6.58. The van der Waals surface area contributed by atoms with E-state index in [1.807, 2.05) is 6.08 Å². The summed E-state index contributed by atoms with van der Waals surface area (Å²) in [4.78, 5) is 0. The van der Waals surface area contributed by atoms with Gasteiger partial charge in [-0.2, -0.15) is 0 Å². The number of allylic oxidation sites excluding steroid dienone is 1. The number of aliphatic hydroxyl groups excluding tert-OH is 1. The summed E-state index contributed by atoms with van der Waals surface area (Å²) in [6, 6.07) is 0. The van der Waals surface area contributed by atoms with Crippen molar-refractivity contribution in [3.63, 3.8) is 0 Å². The summed E-state index contributed by atoms with van der Waals surface area (Å²) >= 11 is 5.85. The molecule has 1 N–H and O–H groups in total. The van der Waals surface area contributed by atoms with Gasteiger partial charge in [-0.15, -0.1) is 11.6 Å². The van der Waals surface area contributed by atoms with Crippen LogP contribution < -0.4 is 0 Å². The molecule has 0 heterocycles. The van der Waals surface area contributed by atoms with Gasteiger partial charge in [-0.25, -0.2) is 0 Å². The van der Waals surface area contributed by atoms with Crippen molar-refractivity contribution >= 4 is 11.6 Å². The fourth-order valence-corrected chi connectivity index (χ4v) is 3.14. The minimum atomic E-state index is 0.183. The van der Waals surface area contributed by atoms with E-state index in [-0.39, 0.29) is 6.61 Å². The monoisotopic (exact) mass is 330 g/mol. The normalized spacial score (nSPS) is 16.5. The van der Waals surface area contributed by atoms with Crippen LogP contribution in [0.2, 0.25) is 0 Å². The minimum absolute atomic E-state index is 0.183. The van der Waals surface area contributed by atoms with Gasteiger partial charge in [-0.3, -0.25) is 0 Å². The molecule has 2 heteroatoms. The molecule has 0 radical (unpaired) electrons. The number of rotatable bonds is 14. The maximum atomic E-state index is 8.84. The van der Waals surface area contributed by atoms with E-state index >= 15 is 0 Å². The van der Waals surface area contributed by atoms with Gasteiger partial charge in [-0.1, -0.05) is 70.9 Å². The summed E-state index contributed by atoms with van der Waals surface area (Å²) in [6.45, 7) is 9.34. The van der Waals surface area contributed by atoms with E-state index < -0.39 is 0 Å². The van der Waals surface area contributed by atoms with Crippen LogP contribution in [0.5, 0.6) is 0 Å². The van der Waals surface area contributed by atoms with Crippen LogP contribution in [0.1, 0.15) is 85.5 Å². The van der Waals surface area contributed by atoms with Gasteiger partial charge in [-0.05, 0) is 43.9 Å². The van der Waals surface area contributed by atoms with Crippen molar-refractivity contribution in [3.05, 3.63) is 11.6 Å². The van der Waals surface area contributed by atoms with Gasteiger partial charge in [0.25, 0.3) is 0 Å². The Bertz CT molecular complexity index is 275. The first-order valence-corrected chi connectivity index (χ1v) is 9.85. The van der Waals surface area contributed by atoms with Gasteiger partial charge in [0.05, 0.1) is 6.61 Å². The lowest BCUT2D eigenvalue weighted by Crippen LogP contribution is -2.01. The second-order valence-corrected chi connectivity index (χ2v) is 7.77. The van der Waals surface area contributed by atoms with Crippen molar-refractivity contribution in [2.75, 3.05) is 12.5 Å². The van der Waals surface area contributed by atoms with E-state index in [9.17, 15) is 0 Å². The summed E-state index contributed by atoms with van der Waals surface area (Å²) in [5, 5.41) is 8.84. The van der Waals surface area contributed by atoms with Crippen molar-refractivity contribution in [3.8, 4) is 0 Å². The molecule has 0 aliphatic rings. The molecular formula is C20H39ClO. The van der Waals surface area contributed by atoms with E-state index in [1.165, 1.54) is 56.9 Å². The van der Waals surface area contributed by atoms with Gasteiger partial charge in [0.15, 0.2) is 0 Å². The van der Waals surface area contributed by atoms with Crippen LogP contribution in [-0.2, 0) is 0 Å². The standard InChI is InChI=1S/C20H39ClO/c1-17(10-6-12-19(3)14-15-22)8-5-9-18(2)11-7-13-20(4)16-21/h14,17-18,20,22H,5-13,15-16H2,1-4H3/b19-14+. The summed E-state index contributed by atoms with van der Waals surface area (Å²) in [5.74, 6) is 3.19. The molecule has 132 valence electrons. The number of hydrogen-bond acceptors (Lipinski definition) is 1. The third-order valence-electron chi connectivity index (χ3n) is 4.76. The quantitative estimate of drug-likeness (QED) is 0.281. The molecule has 0 fully saturated rings. The predicted molar refractivity (Wildman–Crippen MR) is 101 cm³/mol. The average Bonchev–Trinajstić information content (AvgIpc) is 2.47. The van der Waals surface area contributed by atoms with Gasteiger partial charge >= 0.3 is 0 Å². The molecule has 0 amide bonds. The molecule has 0 aromatic carbocycles. The Kier molecular flexibility index (Phi) is 14.6. The summed E-state index contributed by atoms with van der Waals surface area (Å²) in [5.41, 5.74) is 1.33. The fourth-order valence-electron chi connectivity index (χ4n) is 2.98. The first kappa shape index (κ1) is 22.0. The maximum Gasteiger partial charge on any atom is 0.0614 e. The number of halogens is 1. The Morgan fingerprint density at radius 2 is 1.32 bits per heavy atom. The smallest absolute Gasteiger partial charge is 0.0614 e. The lowest BCUT2D eigenvalue weighted by molar-refractivity contribution is 0.341. The summed E-state index contributed by atoms with van der Waals surface area (Å²) in [7, 11) is 0. The van der Waals surface area contributed by atoms with Crippen LogP contribution in [0, 0.1) is 17.8 Å². The molecular weight excluding hydrogens is 292 g/mol. The Labute approximate surface area is 144 Å². The molecule has 0 aliphatic heterocycles. The largest absolute Gasteiger partial charge is 0.392 e. The number of alkyl halides is 1. The van der Waals surface area contributed by atoms with Crippen LogP contribution in [0.15, 0.2) is 11.6 Å². The molecule has 0 saturated carbocycles. The molecule has 1 nitrogen and oxygen atoms in total. The molecule has 0 aromatic rings. The topological polar surface area (TPSA) is 20.2 Å². The number of hydrogen-bond donors (Lipinski definition) is 1. The third-order valence-corrected chi connectivity index (χ3v) is 5.29. The van der Waals surface area contributed by atoms with E-state index in [0.717, 1.165) is 24.1 Å². The molecule has 0 rings (SSSR count). The van der Waals surface area contributed by atoms with Crippen molar-refractivity contribution < 1.29 is 5.11 Å². The highest BCUT2D eigenvalue weighted by Crippen LogP contribution is 2.22. The first-order valence-electron chi connectivity index (χ1n) is 9.32. The summed E-state index contributed by atoms with van der Waals surface area (Å²) < 4.78 is 0. The van der Waals surface area contributed by atoms with Crippen molar-refractivity contribution in [2.24, 2.45) is 17.8 Å². The van der Waals surface area contributed by atoms with Crippen LogP contribution in [-0.4, -0.2) is 17.6 Å². The van der Waals surface area contributed by atoms with Crippen molar-refractivity contribution in [1.29, 1.82) is 0 Å². The third kappa shape index (κ3) is 13.6. The average molecular weight is 331 g/mol. The molecule has 0 bridgehead atoms. The Hall–Kier alpha value is -0.0100. The lowest BCUT2D eigenvalue weighted by atomic mass is 9.91. The fraction of sp³-hybridized carbons (Fsp3) is 0.900. The second kappa shape index (κ2) is 14.6. The highest BCUT2D eigenvalue weighted by molar-refractivity contribution is 6.18. The van der Waals surface area contributed by atoms with Gasteiger partial charge < -0.3 is 5.11 Å². The van der Waals surface area contributed by atoms with Crippen LogP contribution in [0.25, 0.3) is 0 Å².